The highest BCUT2D eigenvalue weighted by Gasteiger charge is 2.51. The van der Waals surface area contributed by atoms with E-state index < -0.39 is 18.3 Å². The first-order chi connectivity index (χ1) is 11.3. The van der Waals surface area contributed by atoms with Crippen LogP contribution in [0.4, 0.5) is 11.5 Å². The first kappa shape index (κ1) is 17.2. The molecule has 2 saturated heterocycles. The van der Waals surface area contributed by atoms with E-state index in [0.717, 1.165) is 31.5 Å². The predicted molar refractivity (Wildman–Crippen MR) is 93.7 cm³/mol. The van der Waals surface area contributed by atoms with E-state index in [1.807, 2.05) is 33.8 Å². The van der Waals surface area contributed by atoms with Crippen molar-refractivity contribution in [1.82, 2.24) is 4.98 Å². The molecule has 0 unspecified atom stereocenters. The number of hydrogen-bond donors (Lipinski definition) is 1. The van der Waals surface area contributed by atoms with Crippen molar-refractivity contribution in [1.29, 1.82) is 0 Å². The molecule has 0 bridgehead atoms. The molecule has 24 heavy (non-hydrogen) atoms. The molecule has 0 amide bonds. The van der Waals surface area contributed by atoms with Crippen LogP contribution in [0.15, 0.2) is 12.3 Å². The van der Waals surface area contributed by atoms with Crippen molar-refractivity contribution in [2.45, 2.75) is 57.8 Å². The Kier molecular flexibility index (Phi) is 4.56. The highest BCUT2D eigenvalue weighted by molar-refractivity contribution is 6.62. The lowest BCUT2D eigenvalue weighted by molar-refractivity contribution is 0.00578. The van der Waals surface area contributed by atoms with Crippen LogP contribution in [0, 0.1) is 6.57 Å². The van der Waals surface area contributed by atoms with Crippen LogP contribution in [0.5, 0.6) is 0 Å². The van der Waals surface area contributed by atoms with Gasteiger partial charge in [-0.2, -0.15) is 0 Å². The molecule has 1 aromatic heterocycles. The van der Waals surface area contributed by atoms with Gasteiger partial charge in [-0.25, -0.2) is 4.85 Å². The summed E-state index contributed by atoms with van der Waals surface area (Å²) in [6, 6.07) is 2.11. The maximum atomic E-state index is 7.46. The Morgan fingerprint density at radius 2 is 1.83 bits per heavy atom. The summed E-state index contributed by atoms with van der Waals surface area (Å²) < 4.78 is 17.4. The zero-order valence-electron chi connectivity index (χ0n) is 14.8. The third-order valence-electron chi connectivity index (χ3n) is 5.10. The second-order valence-corrected chi connectivity index (χ2v) is 7.37. The fourth-order valence-electron chi connectivity index (χ4n) is 2.81. The van der Waals surface area contributed by atoms with Gasteiger partial charge < -0.3 is 19.4 Å². The van der Waals surface area contributed by atoms with Crippen molar-refractivity contribution < 1.29 is 14.0 Å². The first-order valence-electron chi connectivity index (χ1n) is 8.40. The van der Waals surface area contributed by atoms with Crippen LogP contribution in [0.25, 0.3) is 4.85 Å². The molecule has 1 N–H and O–H groups in total. The number of pyridine rings is 1. The van der Waals surface area contributed by atoms with E-state index in [4.69, 9.17) is 20.6 Å². The largest absolute Gasteiger partial charge is 0.495 e. The lowest BCUT2D eigenvalue weighted by atomic mass is 9.80. The monoisotopic (exact) mass is 329 g/mol. The Labute approximate surface area is 143 Å². The van der Waals surface area contributed by atoms with Gasteiger partial charge in [0.1, 0.15) is 5.82 Å². The average molecular weight is 329 g/mol. The Balaban J connectivity index is 1.78. The van der Waals surface area contributed by atoms with Crippen LogP contribution in [0.1, 0.15) is 40.5 Å². The van der Waals surface area contributed by atoms with Crippen LogP contribution in [-0.4, -0.2) is 42.6 Å². The third kappa shape index (κ3) is 3.27. The smallest absolute Gasteiger partial charge is 0.399 e. The standard InChI is InChI=1S/C17H24BN3O3/c1-16(2)17(3,4)24-18(23-16)12-10-14(19-5)15(20-11-12)21-13-6-8-22-9-7-13/h10-11,13H,6-9H2,1-4H3,(H,20,21). The fraction of sp³-hybridized carbons (Fsp3) is 0.647. The molecule has 0 radical (unpaired) electrons. The number of nitrogens with one attached hydrogen (secondary N) is 1. The molecule has 0 aromatic carbocycles. The van der Waals surface area contributed by atoms with Gasteiger partial charge in [0.05, 0.1) is 17.8 Å². The maximum Gasteiger partial charge on any atom is 0.495 e. The lowest BCUT2D eigenvalue weighted by Crippen LogP contribution is -2.41. The molecular formula is C17H24BN3O3. The maximum absolute atomic E-state index is 7.46. The molecule has 2 fully saturated rings. The summed E-state index contributed by atoms with van der Waals surface area (Å²) in [6.45, 7) is 17.0. The molecule has 2 aliphatic rings. The molecule has 1 aromatic rings. The van der Waals surface area contributed by atoms with Crippen LogP contribution in [0.2, 0.25) is 0 Å². The summed E-state index contributed by atoms with van der Waals surface area (Å²) in [4.78, 5) is 8.08. The summed E-state index contributed by atoms with van der Waals surface area (Å²) in [7, 11) is -0.500. The molecule has 3 heterocycles. The van der Waals surface area contributed by atoms with Gasteiger partial charge in [0.15, 0.2) is 0 Å². The normalized spacial score (nSPS) is 23.0. The van der Waals surface area contributed by atoms with Crippen molar-refractivity contribution in [3.8, 4) is 0 Å². The Morgan fingerprint density at radius 3 is 2.42 bits per heavy atom. The molecule has 0 saturated carbocycles. The van der Waals surface area contributed by atoms with Gasteiger partial charge >= 0.3 is 7.12 Å². The number of rotatable bonds is 3. The number of hydrogen-bond acceptors (Lipinski definition) is 5. The van der Waals surface area contributed by atoms with Gasteiger partial charge in [-0.1, -0.05) is 6.07 Å². The zero-order chi connectivity index (χ0) is 17.4. The molecular weight excluding hydrogens is 305 g/mol. The molecule has 0 aliphatic carbocycles. The SMILES string of the molecule is [C-]#[N+]c1cc(B2OC(C)(C)C(C)(C)O2)cnc1NC1CCOCC1. The molecule has 2 aliphatic heterocycles. The molecule has 3 rings (SSSR count). The quantitative estimate of drug-likeness (QED) is 0.682. The van der Waals surface area contributed by atoms with Crippen LogP contribution in [-0.2, 0) is 14.0 Å². The lowest BCUT2D eigenvalue weighted by Gasteiger charge is -2.32. The van der Waals surface area contributed by atoms with Gasteiger partial charge in [-0.05, 0) is 46.0 Å². The van der Waals surface area contributed by atoms with E-state index in [0.29, 0.717) is 17.5 Å². The average Bonchev–Trinajstić information content (AvgIpc) is 2.77. The van der Waals surface area contributed by atoms with Crippen molar-refractivity contribution in [2.24, 2.45) is 0 Å². The van der Waals surface area contributed by atoms with Gasteiger partial charge in [-0.15, -0.1) is 0 Å². The summed E-state index contributed by atoms with van der Waals surface area (Å²) in [5.74, 6) is 0.622. The Hall–Kier alpha value is -1.62. The Bertz CT molecular complexity index is 635. The van der Waals surface area contributed by atoms with E-state index in [9.17, 15) is 0 Å². The van der Waals surface area contributed by atoms with Crippen molar-refractivity contribution >= 4 is 24.1 Å². The second-order valence-electron chi connectivity index (χ2n) is 7.37. The van der Waals surface area contributed by atoms with E-state index in [2.05, 4.69) is 15.1 Å². The number of anilines is 1. The fourth-order valence-corrected chi connectivity index (χ4v) is 2.81. The number of nitrogens with zero attached hydrogens (tertiary/aromatic N) is 2. The van der Waals surface area contributed by atoms with Crippen LogP contribution in [0.3, 0.4) is 0 Å². The number of aromatic nitrogens is 1. The van der Waals surface area contributed by atoms with Gasteiger partial charge in [-0.3, -0.25) is 4.98 Å². The molecule has 128 valence electrons. The van der Waals surface area contributed by atoms with Gasteiger partial charge in [0.25, 0.3) is 0 Å². The first-order valence-corrected chi connectivity index (χ1v) is 8.40. The third-order valence-corrected chi connectivity index (χ3v) is 5.10. The van der Waals surface area contributed by atoms with Crippen molar-refractivity contribution in [2.75, 3.05) is 18.5 Å². The minimum absolute atomic E-state index is 0.300. The van der Waals surface area contributed by atoms with E-state index in [-0.39, 0.29) is 0 Å². The zero-order valence-corrected chi connectivity index (χ0v) is 14.8. The Morgan fingerprint density at radius 1 is 1.21 bits per heavy atom. The highest BCUT2D eigenvalue weighted by Crippen LogP contribution is 2.37. The van der Waals surface area contributed by atoms with E-state index in [1.54, 1.807) is 6.20 Å². The molecule has 7 heteroatoms. The van der Waals surface area contributed by atoms with Crippen molar-refractivity contribution in [3.63, 3.8) is 0 Å². The van der Waals surface area contributed by atoms with Crippen molar-refractivity contribution in [3.05, 3.63) is 23.7 Å². The highest BCUT2D eigenvalue weighted by atomic mass is 16.7. The van der Waals surface area contributed by atoms with E-state index in [1.165, 1.54) is 0 Å². The molecule has 0 spiro atoms. The minimum Gasteiger partial charge on any atom is -0.399 e. The topological polar surface area (TPSA) is 57.0 Å². The summed E-state index contributed by atoms with van der Waals surface area (Å²) in [5.41, 5.74) is 0.454. The molecule has 6 nitrogen and oxygen atoms in total. The summed E-state index contributed by atoms with van der Waals surface area (Å²) in [5, 5.41) is 3.36. The van der Waals surface area contributed by atoms with Crippen LogP contribution >= 0.6 is 0 Å². The molecule has 0 atom stereocenters. The predicted octanol–water partition coefficient (Wildman–Crippen LogP) is 2.52. The minimum atomic E-state index is -0.500. The number of ether oxygens (including phenoxy) is 1. The second kappa shape index (κ2) is 6.36. The summed E-state index contributed by atoms with van der Waals surface area (Å²) in [6.07, 6.45) is 3.59. The van der Waals surface area contributed by atoms with Gasteiger partial charge in [0, 0.05) is 25.5 Å². The van der Waals surface area contributed by atoms with Crippen LogP contribution < -0.4 is 10.8 Å². The van der Waals surface area contributed by atoms with Gasteiger partial charge in [0.2, 0.25) is 5.69 Å². The summed E-state index contributed by atoms with van der Waals surface area (Å²) >= 11 is 0. The van der Waals surface area contributed by atoms with E-state index >= 15 is 0 Å².